The lowest BCUT2D eigenvalue weighted by atomic mass is 9.96. The van der Waals surface area contributed by atoms with Crippen LogP contribution < -0.4 is 0 Å². The van der Waals surface area contributed by atoms with E-state index in [1.54, 1.807) is 0 Å². The summed E-state index contributed by atoms with van der Waals surface area (Å²) in [7, 11) is 0. The number of aliphatic carboxylic acids is 1. The molecule has 29 heavy (non-hydrogen) atoms. The predicted octanol–water partition coefficient (Wildman–Crippen LogP) is 4.14. The van der Waals surface area contributed by atoms with Crippen LogP contribution >= 0.6 is 0 Å². The van der Waals surface area contributed by atoms with E-state index in [4.69, 9.17) is 9.47 Å². The molecule has 168 valence electrons. The first-order chi connectivity index (χ1) is 13.9. The fourth-order valence-corrected chi connectivity index (χ4v) is 3.49. The van der Waals surface area contributed by atoms with Gasteiger partial charge in [-0.1, -0.05) is 77.0 Å². The predicted molar refractivity (Wildman–Crippen MR) is 108 cm³/mol. The zero-order valence-electron chi connectivity index (χ0n) is 17.7. The Hall–Kier alpha value is -1.63. The van der Waals surface area contributed by atoms with Crippen LogP contribution in [-0.4, -0.2) is 46.9 Å². The van der Waals surface area contributed by atoms with Crippen LogP contribution in [0.1, 0.15) is 103 Å². The number of rotatable bonds is 1. The molecule has 1 saturated heterocycles. The van der Waals surface area contributed by atoms with Crippen molar-refractivity contribution in [3.63, 3.8) is 0 Å². The second-order valence-corrected chi connectivity index (χ2v) is 8.08. The van der Waals surface area contributed by atoms with Gasteiger partial charge in [-0.25, -0.2) is 4.79 Å². The van der Waals surface area contributed by atoms with Gasteiger partial charge in [0.25, 0.3) is 0 Å². The van der Waals surface area contributed by atoms with E-state index in [0.717, 1.165) is 25.7 Å². The van der Waals surface area contributed by atoms with Crippen molar-refractivity contribution in [2.24, 2.45) is 0 Å². The summed E-state index contributed by atoms with van der Waals surface area (Å²) >= 11 is 0. The molecule has 0 spiro atoms. The number of carboxylic acid groups (broad SMARTS) is 1. The highest BCUT2D eigenvalue weighted by atomic mass is 16.5. The van der Waals surface area contributed by atoms with Gasteiger partial charge in [0, 0.05) is 0 Å². The second-order valence-electron chi connectivity index (χ2n) is 8.08. The average Bonchev–Trinajstić information content (AvgIpc) is 2.66. The fraction of sp³-hybridized carbons (Fsp3) is 0.864. The van der Waals surface area contributed by atoms with E-state index in [1.165, 1.54) is 51.4 Å². The standard InChI is InChI=1S/C22H38O7/c23-19-17-22(27,21(25)26)18-20(24)29-16-14-12-10-8-6-4-2-1-3-5-7-9-11-13-15-28-19/h27H,1-18H2,(H,25,26). The van der Waals surface area contributed by atoms with Gasteiger partial charge >= 0.3 is 17.9 Å². The Bertz CT molecular complexity index is 456. The molecule has 0 amide bonds. The van der Waals surface area contributed by atoms with Crippen LogP contribution in [0.25, 0.3) is 0 Å². The first kappa shape index (κ1) is 25.4. The molecule has 1 aliphatic rings. The van der Waals surface area contributed by atoms with Gasteiger partial charge in [0.1, 0.15) is 0 Å². The minimum absolute atomic E-state index is 0.193. The molecule has 0 saturated carbocycles. The Labute approximate surface area is 174 Å². The van der Waals surface area contributed by atoms with Gasteiger partial charge in [-0.3, -0.25) is 9.59 Å². The number of carboxylic acids is 1. The molecule has 0 bridgehead atoms. The maximum atomic E-state index is 11.9. The zero-order valence-corrected chi connectivity index (χ0v) is 17.7. The summed E-state index contributed by atoms with van der Waals surface area (Å²) in [6.07, 6.45) is 13.9. The highest BCUT2D eigenvalue weighted by Crippen LogP contribution is 2.19. The van der Waals surface area contributed by atoms with Crippen LogP contribution in [0.15, 0.2) is 0 Å². The van der Waals surface area contributed by atoms with Crippen LogP contribution in [0.3, 0.4) is 0 Å². The summed E-state index contributed by atoms with van der Waals surface area (Å²) in [6.45, 7) is 0.387. The Balaban J connectivity index is 2.49. The number of hydrogen-bond donors (Lipinski definition) is 2. The average molecular weight is 415 g/mol. The molecule has 7 nitrogen and oxygen atoms in total. The van der Waals surface area contributed by atoms with Gasteiger partial charge in [0.05, 0.1) is 26.1 Å². The molecule has 0 atom stereocenters. The number of aliphatic hydroxyl groups is 1. The zero-order chi connectivity index (χ0) is 21.4. The number of cyclic esters (lactones) is 2. The molecule has 0 aromatic heterocycles. The maximum absolute atomic E-state index is 11.9. The Kier molecular flexibility index (Phi) is 13.4. The van der Waals surface area contributed by atoms with Crippen LogP contribution in [0, 0.1) is 0 Å². The topological polar surface area (TPSA) is 110 Å². The van der Waals surface area contributed by atoms with Gasteiger partial charge in [0.15, 0.2) is 5.60 Å². The molecule has 1 aliphatic heterocycles. The van der Waals surface area contributed by atoms with Crippen molar-refractivity contribution in [1.82, 2.24) is 0 Å². The highest BCUT2D eigenvalue weighted by Gasteiger charge is 2.42. The minimum Gasteiger partial charge on any atom is -0.479 e. The lowest BCUT2D eigenvalue weighted by molar-refractivity contribution is -0.173. The molecule has 7 heteroatoms. The van der Waals surface area contributed by atoms with E-state index in [9.17, 15) is 24.6 Å². The maximum Gasteiger partial charge on any atom is 0.336 e. The van der Waals surface area contributed by atoms with Crippen LogP contribution in [0.4, 0.5) is 0 Å². The molecular formula is C22H38O7. The Morgan fingerprint density at radius 1 is 0.621 bits per heavy atom. The molecule has 0 aliphatic carbocycles. The SMILES string of the molecule is O=C1CC(O)(C(=O)O)CC(=O)OCCCCCCCCCCCCCCCCO1. The van der Waals surface area contributed by atoms with Gasteiger partial charge in [-0.2, -0.15) is 0 Å². The third kappa shape index (κ3) is 12.5. The Morgan fingerprint density at radius 3 is 1.17 bits per heavy atom. The number of hydrogen-bond acceptors (Lipinski definition) is 6. The van der Waals surface area contributed by atoms with Crippen molar-refractivity contribution in [3.05, 3.63) is 0 Å². The minimum atomic E-state index is -2.50. The molecule has 2 N–H and O–H groups in total. The van der Waals surface area contributed by atoms with E-state index in [0.29, 0.717) is 12.8 Å². The largest absolute Gasteiger partial charge is 0.479 e. The summed E-state index contributed by atoms with van der Waals surface area (Å²) in [4.78, 5) is 35.2. The molecular weight excluding hydrogens is 376 g/mol. The Morgan fingerprint density at radius 2 is 0.897 bits per heavy atom. The smallest absolute Gasteiger partial charge is 0.336 e. The van der Waals surface area contributed by atoms with Crippen molar-refractivity contribution in [3.8, 4) is 0 Å². The van der Waals surface area contributed by atoms with Crippen molar-refractivity contribution >= 4 is 17.9 Å². The summed E-state index contributed by atoms with van der Waals surface area (Å²) in [6, 6.07) is 0. The van der Waals surface area contributed by atoms with Gasteiger partial charge in [-0.15, -0.1) is 0 Å². The van der Waals surface area contributed by atoms with Gasteiger partial charge in [-0.05, 0) is 12.8 Å². The van der Waals surface area contributed by atoms with Crippen molar-refractivity contribution < 1.29 is 34.1 Å². The lowest BCUT2D eigenvalue weighted by Gasteiger charge is -2.21. The van der Waals surface area contributed by atoms with E-state index >= 15 is 0 Å². The molecule has 1 rings (SSSR count). The van der Waals surface area contributed by atoms with Crippen molar-refractivity contribution in [2.45, 2.75) is 108 Å². The molecule has 0 aromatic carbocycles. The first-order valence-electron chi connectivity index (χ1n) is 11.2. The second kappa shape index (κ2) is 15.2. The number of esters is 2. The van der Waals surface area contributed by atoms with Crippen LogP contribution in [-0.2, 0) is 23.9 Å². The number of carbonyl (C=O) groups excluding carboxylic acids is 2. The van der Waals surface area contributed by atoms with Crippen LogP contribution in [0.5, 0.6) is 0 Å². The lowest BCUT2D eigenvalue weighted by Crippen LogP contribution is -2.43. The normalized spacial score (nSPS) is 22.8. The van der Waals surface area contributed by atoms with Gasteiger partial charge < -0.3 is 19.7 Å². The third-order valence-corrected chi connectivity index (χ3v) is 5.34. The fourth-order valence-electron chi connectivity index (χ4n) is 3.49. The van der Waals surface area contributed by atoms with E-state index in [2.05, 4.69) is 0 Å². The molecule has 1 heterocycles. The highest BCUT2D eigenvalue weighted by molar-refractivity contribution is 5.88. The van der Waals surface area contributed by atoms with E-state index in [1.807, 2.05) is 0 Å². The monoisotopic (exact) mass is 414 g/mol. The number of ether oxygens (including phenoxy) is 2. The third-order valence-electron chi connectivity index (χ3n) is 5.34. The summed E-state index contributed by atoms with van der Waals surface area (Å²) < 4.78 is 10.1. The van der Waals surface area contributed by atoms with Crippen LogP contribution in [0.2, 0.25) is 0 Å². The van der Waals surface area contributed by atoms with Crippen molar-refractivity contribution in [1.29, 1.82) is 0 Å². The summed E-state index contributed by atoms with van der Waals surface area (Å²) in [5, 5.41) is 19.5. The molecule has 1 fully saturated rings. The first-order valence-corrected chi connectivity index (χ1v) is 11.2. The van der Waals surface area contributed by atoms with E-state index in [-0.39, 0.29) is 13.2 Å². The summed E-state index contributed by atoms with van der Waals surface area (Å²) in [5.74, 6) is -3.26. The quantitative estimate of drug-likeness (QED) is 0.620. The molecule has 0 unspecified atom stereocenters. The molecule has 0 radical (unpaired) electrons. The summed E-state index contributed by atoms with van der Waals surface area (Å²) in [5.41, 5.74) is -2.50. The van der Waals surface area contributed by atoms with E-state index < -0.39 is 36.4 Å². The molecule has 0 aromatic rings. The van der Waals surface area contributed by atoms with Crippen molar-refractivity contribution in [2.75, 3.05) is 13.2 Å². The van der Waals surface area contributed by atoms with Gasteiger partial charge in [0.2, 0.25) is 0 Å². The number of carbonyl (C=O) groups is 3.